The molecular weight excluding hydrogens is 510 g/mol. The highest BCUT2D eigenvalue weighted by atomic mass is 35.5. The molecule has 2 aromatic carbocycles. The maximum Gasteiger partial charge on any atom is 0.308 e. The van der Waals surface area contributed by atoms with Crippen LogP contribution in [0.5, 0.6) is 5.75 Å². The number of nitrogens with zero attached hydrogens (tertiary/aromatic N) is 2. The van der Waals surface area contributed by atoms with E-state index in [0.29, 0.717) is 10.9 Å². The lowest BCUT2D eigenvalue weighted by Gasteiger charge is -2.50. The molecule has 6 rings (SSSR count). The Hall–Kier alpha value is -2.83. The van der Waals surface area contributed by atoms with Gasteiger partial charge in [-0.1, -0.05) is 61.9 Å². The Morgan fingerprint density at radius 3 is 2.67 bits per heavy atom. The number of halogens is 1. The summed E-state index contributed by atoms with van der Waals surface area (Å²) >= 11 is 6.35. The van der Waals surface area contributed by atoms with Crippen LogP contribution in [0, 0.1) is 17.8 Å². The van der Waals surface area contributed by atoms with E-state index < -0.39 is 5.60 Å². The highest BCUT2D eigenvalue weighted by molar-refractivity contribution is 6.35. The van der Waals surface area contributed by atoms with E-state index in [1.165, 1.54) is 11.1 Å². The minimum Gasteiger partial charge on any atom is -0.494 e. The van der Waals surface area contributed by atoms with Crippen LogP contribution in [0.15, 0.2) is 48.5 Å². The van der Waals surface area contributed by atoms with Crippen molar-refractivity contribution in [1.82, 2.24) is 14.9 Å². The van der Waals surface area contributed by atoms with Gasteiger partial charge in [-0.25, -0.2) is 4.98 Å². The number of allylic oxidation sites excluding steroid dienone is 1. The predicted molar refractivity (Wildman–Crippen MR) is 157 cm³/mol. The fraction of sp³-hybridized carbons (Fsp3) is 0.500. The third-order valence-corrected chi connectivity index (χ3v) is 8.80. The Kier molecular flexibility index (Phi) is 8.34. The first-order valence-electron chi connectivity index (χ1n) is 14.2. The lowest BCUT2D eigenvalue weighted by Crippen LogP contribution is -2.51. The molecule has 0 radical (unpaired) electrons. The maximum atomic E-state index is 12.9. The van der Waals surface area contributed by atoms with Crippen LogP contribution in [0.2, 0.25) is 5.02 Å². The molecule has 1 aromatic heterocycles. The Labute approximate surface area is 236 Å². The fourth-order valence-corrected chi connectivity index (χ4v) is 6.49. The minimum absolute atomic E-state index is 0.0844. The maximum absolute atomic E-state index is 12.9. The summed E-state index contributed by atoms with van der Waals surface area (Å²) < 4.78 is 11.9. The first-order valence-corrected chi connectivity index (χ1v) is 14.6. The summed E-state index contributed by atoms with van der Waals surface area (Å²) in [5.74, 6) is 2.13. The van der Waals surface area contributed by atoms with Gasteiger partial charge >= 0.3 is 5.97 Å². The zero-order chi connectivity index (χ0) is 27.6. The molecule has 0 unspecified atom stereocenters. The van der Waals surface area contributed by atoms with Gasteiger partial charge in [-0.2, -0.15) is 0 Å². The molecule has 0 aliphatic heterocycles. The average molecular weight is 550 g/mol. The number of H-pyrrole nitrogens is 1. The molecule has 3 aliphatic rings. The van der Waals surface area contributed by atoms with Crippen LogP contribution in [0.25, 0.3) is 16.6 Å². The standard InChI is InChI=1S/C32H40ClN3O3/c1-21(2)31(37)39-32(20-23-12-13-24(32)19-25(23)22-9-6-5-7-10-22)16-18-36(3)17-8-11-28-34-29-26(33)14-15-27(38-4)30(29)35-28/h5-7,9-10,14-15,19,21,23-24H,8,11-13,16-18,20H2,1-4H3,(H,34,35)/t23-,24-,32+/m0/s1. The summed E-state index contributed by atoms with van der Waals surface area (Å²) in [7, 11) is 3.81. The number of carbonyl (C=O) groups is 1. The number of nitrogens with one attached hydrogen (secondary N) is 1. The van der Waals surface area contributed by atoms with E-state index in [-0.39, 0.29) is 17.8 Å². The quantitative estimate of drug-likeness (QED) is 0.263. The van der Waals surface area contributed by atoms with E-state index in [0.717, 1.165) is 74.2 Å². The molecule has 3 aliphatic carbocycles. The molecule has 1 saturated carbocycles. The number of carbonyl (C=O) groups excluding carboxylic acids is 1. The third-order valence-electron chi connectivity index (χ3n) is 8.49. The van der Waals surface area contributed by atoms with Crippen molar-refractivity contribution < 1.29 is 14.3 Å². The summed E-state index contributed by atoms with van der Waals surface area (Å²) in [6.07, 6.45) is 8.19. The van der Waals surface area contributed by atoms with E-state index in [9.17, 15) is 4.79 Å². The third kappa shape index (κ3) is 5.87. The summed E-state index contributed by atoms with van der Waals surface area (Å²) in [6.45, 7) is 5.66. The van der Waals surface area contributed by atoms with Crippen LogP contribution >= 0.6 is 11.6 Å². The summed E-state index contributed by atoms with van der Waals surface area (Å²) in [5.41, 5.74) is 3.90. The predicted octanol–water partition coefficient (Wildman–Crippen LogP) is 6.93. The van der Waals surface area contributed by atoms with Crippen LogP contribution in [0.3, 0.4) is 0 Å². The van der Waals surface area contributed by atoms with Crippen molar-refractivity contribution >= 4 is 34.2 Å². The lowest BCUT2D eigenvalue weighted by atomic mass is 9.60. The van der Waals surface area contributed by atoms with E-state index in [2.05, 4.69) is 53.3 Å². The second kappa shape index (κ2) is 11.7. The van der Waals surface area contributed by atoms with Crippen molar-refractivity contribution in [2.75, 3.05) is 27.2 Å². The van der Waals surface area contributed by atoms with Gasteiger partial charge in [0.1, 0.15) is 28.2 Å². The highest BCUT2D eigenvalue weighted by Crippen LogP contribution is 2.53. The van der Waals surface area contributed by atoms with Crippen LogP contribution in [-0.4, -0.2) is 53.7 Å². The van der Waals surface area contributed by atoms with E-state index in [4.69, 9.17) is 26.1 Å². The van der Waals surface area contributed by atoms with Gasteiger partial charge in [-0.15, -0.1) is 0 Å². The van der Waals surface area contributed by atoms with E-state index in [1.807, 2.05) is 26.0 Å². The van der Waals surface area contributed by atoms with Gasteiger partial charge in [-0.3, -0.25) is 4.79 Å². The Morgan fingerprint density at radius 2 is 1.97 bits per heavy atom. The van der Waals surface area contributed by atoms with Crippen molar-refractivity contribution in [3.05, 3.63) is 65.0 Å². The van der Waals surface area contributed by atoms with Gasteiger partial charge in [0.2, 0.25) is 0 Å². The molecule has 1 N–H and O–H groups in total. The minimum atomic E-state index is -0.428. The number of hydrogen-bond donors (Lipinski definition) is 1. The Morgan fingerprint density at radius 1 is 1.18 bits per heavy atom. The van der Waals surface area contributed by atoms with Crippen LogP contribution in [0.4, 0.5) is 0 Å². The number of methoxy groups -OCH3 is 1. The zero-order valence-corrected chi connectivity index (χ0v) is 24.3. The van der Waals surface area contributed by atoms with Crippen LogP contribution in [-0.2, 0) is 16.0 Å². The molecule has 0 amide bonds. The summed E-state index contributed by atoms with van der Waals surface area (Å²) in [5, 5.41) is 0.623. The smallest absolute Gasteiger partial charge is 0.308 e. The molecule has 0 spiro atoms. The number of imidazole rings is 1. The molecular formula is C32H40ClN3O3. The Balaban J connectivity index is 1.23. The molecule has 0 saturated heterocycles. The second-order valence-electron chi connectivity index (χ2n) is 11.5. The van der Waals surface area contributed by atoms with Crippen molar-refractivity contribution in [3.63, 3.8) is 0 Å². The molecule has 3 aromatic rings. The van der Waals surface area contributed by atoms with Crippen molar-refractivity contribution in [2.45, 2.75) is 58.0 Å². The van der Waals surface area contributed by atoms with Gasteiger partial charge < -0.3 is 19.4 Å². The number of benzene rings is 2. The first kappa shape index (κ1) is 27.7. The van der Waals surface area contributed by atoms with Gasteiger partial charge in [0.15, 0.2) is 0 Å². The SMILES string of the molecule is COc1ccc(Cl)c2nc(CCCN(C)CC[C@@]3(OC(=O)C(C)C)C[C@@H]4CC[C@H]3C=C4c3ccccc3)[nH]c12. The van der Waals surface area contributed by atoms with Crippen LogP contribution in [0.1, 0.15) is 57.3 Å². The molecule has 6 nitrogen and oxygen atoms in total. The fourth-order valence-electron chi connectivity index (χ4n) is 6.29. The lowest BCUT2D eigenvalue weighted by molar-refractivity contribution is -0.176. The molecule has 2 bridgehead atoms. The summed E-state index contributed by atoms with van der Waals surface area (Å²) in [4.78, 5) is 23.3. The normalized spacial score (nSPS) is 22.5. The number of hydrogen-bond acceptors (Lipinski definition) is 5. The van der Waals surface area contributed by atoms with E-state index >= 15 is 0 Å². The first-order chi connectivity index (χ1) is 18.8. The largest absolute Gasteiger partial charge is 0.494 e. The summed E-state index contributed by atoms with van der Waals surface area (Å²) in [6, 6.07) is 14.4. The topological polar surface area (TPSA) is 67.5 Å². The second-order valence-corrected chi connectivity index (χ2v) is 11.9. The molecule has 39 heavy (non-hydrogen) atoms. The van der Waals surface area contributed by atoms with Crippen molar-refractivity contribution in [1.29, 1.82) is 0 Å². The van der Waals surface area contributed by atoms with Crippen molar-refractivity contribution in [2.24, 2.45) is 17.8 Å². The van der Waals surface area contributed by atoms with Gasteiger partial charge in [0.25, 0.3) is 0 Å². The highest BCUT2D eigenvalue weighted by Gasteiger charge is 2.50. The molecule has 1 heterocycles. The number of aromatic nitrogens is 2. The molecule has 7 heteroatoms. The number of fused-ring (bicyclic) bond motifs is 3. The van der Waals surface area contributed by atoms with Gasteiger partial charge in [0.05, 0.1) is 18.1 Å². The number of ether oxygens (including phenoxy) is 2. The number of rotatable bonds is 11. The van der Waals surface area contributed by atoms with Gasteiger partial charge in [0, 0.05) is 25.3 Å². The number of aryl methyl sites for hydroxylation is 1. The monoisotopic (exact) mass is 549 g/mol. The zero-order valence-electron chi connectivity index (χ0n) is 23.5. The van der Waals surface area contributed by atoms with Crippen molar-refractivity contribution in [3.8, 4) is 5.75 Å². The molecule has 208 valence electrons. The molecule has 3 atom stereocenters. The average Bonchev–Trinajstić information content (AvgIpc) is 3.38. The Bertz CT molecular complexity index is 1340. The van der Waals surface area contributed by atoms with Gasteiger partial charge in [-0.05, 0) is 68.5 Å². The van der Waals surface area contributed by atoms with E-state index in [1.54, 1.807) is 7.11 Å². The molecule has 1 fully saturated rings. The van der Waals surface area contributed by atoms with Crippen LogP contribution < -0.4 is 4.74 Å². The number of esters is 1. The number of aromatic amines is 1.